The van der Waals surface area contributed by atoms with Crippen molar-refractivity contribution in [2.45, 2.75) is 57.5 Å². The van der Waals surface area contributed by atoms with Gasteiger partial charge in [-0.05, 0) is 24.2 Å². The molecule has 2 saturated carbocycles. The first-order valence-corrected chi connectivity index (χ1v) is 7.96. The van der Waals surface area contributed by atoms with Crippen molar-refractivity contribution < 1.29 is 35.3 Å². The van der Waals surface area contributed by atoms with Crippen LogP contribution < -0.4 is 0 Å². The van der Waals surface area contributed by atoms with Crippen molar-refractivity contribution in [1.82, 2.24) is 0 Å². The topological polar surface area (TPSA) is 63.6 Å². The molecule has 0 aromatic heterocycles. The Kier molecular flexibility index (Phi) is 3.49. The summed E-state index contributed by atoms with van der Waals surface area (Å²) in [7, 11) is -5.95. The molecule has 0 heterocycles. The molecular formula is C12H18F4O4S. The molecule has 0 amide bonds. The van der Waals surface area contributed by atoms with Crippen molar-refractivity contribution in [2.24, 2.45) is 16.7 Å². The van der Waals surface area contributed by atoms with Crippen molar-refractivity contribution >= 4 is 10.1 Å². The van der Waals surface area contributed by atoms with Crippen LogP contribution in [0.25, 0.3) is 0 Å². The van der Waals surface area contributed by atoms with Gasteiger partial charge in [0.25, 0.3) is 0 Å². The molecule has 2 fully saturated rings. The summed E-state index contributed by atoms with van der Waals surface area (Å²) < 4.78 is 78.0. The predicted octanol–water partition coefficient (Wildman–Crippen LogP) is 2.73. The molecule has 0 aromatic carbocycles. The van der Waals surface area contributed by atoms with Gasteiger partial charge in [0, 0.05) is 11.8 Å². The fraction of sp³-hybridized carbons (Fsp3) is 1.00. The zero-order chi connectivity index (χ0) is 16.5. The molecule has 124 valence electrons. The van der Waals surface area contributed by atoms with Crippen LogP contribution in [0.15, 0.2) is 0 Å². The van der Waals surface area contributed by atoms with Crippen LogP contribution in [0.5, 0.6) is 0 Å². The fourth-order valence-corrected chi connectivity index (χ4v) is 4.63. The van der Waals surface area contributed by atoms with Gasteiger partial charge in [0.1, 0.15) is 0 Å². The first kappa shape index (κ1) is 17.0. The van der Waals surface area contributed by atoms with Gasteiger partial charge in [-0.2, -0.15) is 17.2 Å². The predicted molar refractivity (Wildman–Crippen MR) is 65.1 cm³/mol. The lowest BCUT2D eigenvalue weighted by atomic mass is 9.68. The highest BCUT2D eigenvalue weighted by molar-refractivity contribution is 7.87. The summed E-state index contributed by atoms with van der Waals surface area (Å²) in [6, 6.07) is 0. The summed E-state index contributed by atoms with van der Waals surface area (Å²) in [5.74, 6) is -2.51. The van der Waals surface area contributed by atoms with E-state index in [4.69, 9.17) is 0 Å². The van der Waals surface area contributed by atoms with Gasteiger partial charge in [-0.1, -0.05) is 20.8 Å². The van der Waals surface area contributed by atoms with Gasteiger partial charge < -0.3 is 5.11 Å². The molecular weight excluding hydrogens is 316 g/mol. The van der Waals surface area contributed by atoms with Gasteiger partial charge in [0.05, 0.1) is 0 Å². The highest BCUT2D eigenvalue weighted by Crippen LogP contribution is 2.70. The van der Waals surface area contributed by atoms with Crippen LogP contribution in [0.2, 0.25) is 0 Å². The summed E-state index contributed by atoms with van der Waals surface area (Å²) in [5, 5.41) is 5.12. The number of aliphatic hydroxyl groups is 1. The maximum Gasteiger partial charge on any atom is 0.428 e. The average molecular weight is 334 g/mol. The normalized spacial score (nSPS) is 39.2. The van der Waals surface area contributed by atoms with Crippen LogP contribution in [0.3, 0.4) is 0 Å². The average Bonchev–Trinajstić information content (AvgIpc) is 2.59. The molecule has 3 unspecified atom stereocenters. The number of fused-ring (bicyclic) bond motifs is 2. The molecule has 1 N–H and O–H groups in total. The summed E-state index contributed by atoms with van der Waals surface area (Å²) in [6.07, 6.45) is -3.53. The lowest BCUT2D eigenvalue weighted by Gasteiger charge is -2.44. The summed E-state index contributed by atoms with van der Waals surface area (Å²) in [6.45, 7) is 5.10. The lowest BCUT2D eigenvalue weighted by Crippen LogP contribution is -2.53. The third kappa shape index (κ3) is 1.96. The second-order valence-electron chi connectivity index (χ2n) is 6.68. The molecule has 3 atom stereocenters. The quantitative estimate of drug-likeness (QED) is 0.488. The lowest BCUT2D eigenvalue weighted by molar-refractivity contribution is -0.225. The highest BCUT2D eigenvalue weighted by Gasteiger charge is 2.72. The molecule has 0 spiro atoms. The maximum absolute atomic E-state index is 13.1. The minimum Gasteiger partial charge on any atom is -0.364 e. The zero-order valence-corrected chi connectivity index (χ0v) is 12.7. The van der Waals surface area contributed by atoms with Gasteiger partial charge in [-0.25, -0.2) is 13.0 Å². The van der Waals surface area contributed by atoms with E-state index in [2.05, 4.69) is 4.18 Å². The standard InChI is InChI=1S/C12H18F4O4S/c1-9(2)7-4-5-10(9,3)11(17,6-7)20-21(18,19)12(15,16)8(13)14/h7-8,17H,4-6H2,1-3H3. The van der Waals surface area contributed by atoms with E-state index in [1.807, 2.05) is 0 Å². The van der Waals surface area contributed by atoms with Crippen LogP contribution in [0.4, 0.5) is 17.6 Å². The van der Waals surface area contributed by atoms with Crippen molar-refractivity contribution in [2.75, 3.05) is 0 Å². The Bertz CT molecular complexity index is 547. The van der Waals surface area contributed by atoms with E-state index in [-0.39, 0.29) is 12.3 Å². The molecule has 0 radical (unpaired) electrons. The van der Waals surface area contributed by atoms with E-state index in [1.165, 1.54) is 6.92 Å². The van der Waals surface area contributed by atoms with Gasteiger partial charge in [0.15, 0.2) is 5.79 Å². The van der Waals surface area contributed by atoms with Crippen molar-refractivity contribution in [3.63, 3.8) is 0 Å². The van der Waals surface area contributed by atoms with Crippen molar-refractivity contribution in [3.05, 3.63) is 0 Å². The molecule has 4 nitrogen and oxygen atoms in total. The van der Waals surface area contributed by atoms with Crippen LogP contribution >= 0.6 is 0 Å². The van der Waals surface area contributed by atoms with E-state index in [1.54, 1.807) is 13.8 Å². The number of hydrogen-bond donors (Lipinski definition) is 1. The SMILES string of the molecule is CC1(C)C2CCC1(C)C(O)(OS(=O)(=O)C(F)(F)C(F)F)C2. The van der Waals surface area contributed by atoms with Gasteiger partial charge in [0.2, 0.25) is 0 Å². The minimum atomic E-state index is -5.95. The number of alkyl halides is 4. The smallest absolute Gasteiger partial charge is 0.364 e. The van der Waals surface area contributed by atoms with E-state index < -0.39 is 38.4 Å². The Morgan fingerprint density at radius 3 is 2.14 bits per heavy atom. The van der Waals surface area contributed by atoms with E-state index >= 15 is 0 Å². The van der Waals surface area contributed by atoms with Crippen LogP contribution in [0.1, 0.15) is 40.0 Å². The van der Waals surface area contributed by atoms with Crippen molar-refractivity contribution in [1.29, 1.82) is 0 Å². The number of halogens is 4. The van der Waals surface area contributed by atoms with Crippen molar-refractivity contribution in [3.8, 4) is 0 Å². The summed E-state index contributed by atoms with van der Waals surface area (Å²) >= 11 is 0. The summed E-state index contributed by atoms with van der Waals surface area (Å²) in [4.78, 5) is 0. The molecule has 21 heavy (non-hydrogen) atoms. The number of rotatable bonds is 4. The zero-order valence-electron chi connectivity index (χ0n) is 11.9. The maximum atomic E-state index is 13.1. The monoisotopic (exact) mass is 334 g/mol. The van der Waals surface area contributed by atoms with E-state index in [0.717, 1.165) is 0 Å². The molecule has 0 saturated heterocycles. The first-order chi connectivity index (χ1) is 9.21. The molecule has 2 rings (SSSR count). The second-order valence-corrected chi connectivity index (χ2v) is 8.30. The molecule has 2 aliphatic carbocycles. The fourth-order valence-electron chi connectivity index (χ4n) is 3.68. The van der Waals surface area contributed by atoms with Gasteiger partial charge in [-0.3, -0.25) is 0 Å². The van der Waals surface area contributed by atoms with Crippen LogP contribution in [0, 0.1) is 16.7 Å². The Morgan fingerprint density at radius 1 is 1.29 bits per heavy atom. The molecule has 2 aliphatic rings. The molecule has 2 bridgehead atoms. The summed E-state index contributed by atoms with van der Waals surface area (Å²) in [5.41, 5.74) is -1.65. The van der Waals surface area contributed by atoms with Crippen LogP contribution in [-0.4, -0.2) is 31.0 Å². The molecule has 0 aliphatic heterocycles. The molecule has 0 aromatic rings. The largest absolute Gasteiger partial charge is 0.428 e. The van der Waals surface area contributed by atoms with E-state index in [9.17, 15) is 31.1 Å². The Hall–Kier alpha value is -0.410. The first-order valence-electron chi connectivity index (χ1n) is 6.55. The third-order valence-corrected chi connectivity index (χ3v) is 7.00. The Morgan fingerprint density at radius 2 is 1.81 bits per heavy atom. The van der Waals surface area contributed by atoms with Crippen LogP contribution in [-0.2, 0) is 14.3 Å². The number of hydrogen-bond acceptors (Lipinski definition) is 4. The second kappa shape index (κ2) is 4.32. The Labute approximate surface area is 120 Å². The van der Waals surface area contributed by atoms with E-state index in [0.29, 0.717) is 12.8 Å². The highest BCUT2D eigenvalue weighted by atomic mass is 32.2. The third-order valence-electron chi connectivity index (χ3n) is 5.66. The Balaban J connectivity index is 2.37. The minimum absolute atomic E-state index is 0.122. The van der Waals surface area contributed by atoms with Gasteiger partial charge >= 0.3 is 21.8 Å². The van der Waals surface area contributed by atoms with Gasteiger partial charge in [-0.15, -0.1) is 0 Å². The molecule has 9 heteroatoms.